The largest absolute Gasteiger partial charge is 0.495 e. The van der Waals surface area contributed by atoms with Crippen LogP contribution in [0.4, 0.5) is 0 Å². The zero-order valence-electron chi connectivity index (χ0n) is 51.7. The summed E-state index contributed by atoms with van der Waals surface area (Å²) >= 11 is 0. The van der Waals surface area contributed by atoms with E-state index in [1.165, 1.54) is 7.11 Å². The van der Waals surface area contributed by atoms with Crippen molar-refractivity contribution in [3.8, 4) is 40.6 Å². The molecule has 3 fully saturated rings. The summed E-state index contributed by atoms with van der Waals surface area (Å²) in [5.41, 5.74) is 13.1. The van der Waals surface area contributed by atoms with Crippen molar-refractivity contribution in [2.75, 3.05) is 41.2 Å². The third-order valence-corrected chi connectivity index (χ3v) is 20.7. The summed E-state index contributed by atoms with van der Waals surface area (Å²) in [5, 5.41) is 77.9. The second-order valence-corrected chi connectivity index (χ2v) is 24.7. The molecule has 9 aromatic rings. The minimum Gasteiger partial charge on any atom is -0.495 e. The number of aliphatic hydroxyl groups is 6. The zero-order valence-corrected chi connectivity index (χ0v) is 51.7. The number of fused-ring (bicyclic) bond motifs is 9. The molecule has 6 aromatic carbocycles. The number of aliphatic hydroxyl groups excluding tert-OH is 3. The van der Waals surface area contributed by atoms with Crippen LogP contribution in [-0.2, 0) is 46.7 Å². The van der Waals surface area contributed by atoms with Gasteiger partial charge in [0.15, 0.2) is 16.8 Å². The number of rotatable bonds is 14. The van der Waals surface area contributed by atoms with Crippen molar-refractivity contribution in [3.63, 3.8) is 0 Å². The number of nitrogens with two attached hydrogens (primary N) is 2. The first-order chi connectivity index (χ1) is 45.3. The molecule has 10 N–H and O–H groups in total. The molecule has 0 bridgehead atoms. The van der Waals surface area contributed by atoms with E-state index in [1.54, 1.807) is 63.5 Å². The molecule has 15 rings (SSSR count). The first kappa shape index (κ1) is 62.5. The number of methoxy groups -OCH3 is 3. The summed E-state index contributed by atoms with van der Waals surface area (Å²) in [4.78, 5) is 12.7. The summed E-state index contributed by atoms with van der Waals surface area (Å²) in [6, 6.07) is 54.9. The van der Waals surface area contributed by atoms with E-state index in [0.717, 1.165) is 44.5 Å². The van der Waals surface area contributed by atoms with E-state index in [1.807, 2.05) is 152 Å². The molecular weight excluding hydrogens is 1180 g/mol. The Balaban J connectivity index is 0.000000127. The maximum atomic E-state index is 12.5. The van der Waals surface area contributed by atoms with Gasteiger partial charge in [-0.2, -0.15) is 5.26 Å². The van der Waals surface area contributed by atoms with Crippen molar-refractivity contribution in [1.82, 2.24) is 15.0 Å². The molecule has 6 heterocycles. The molecule has 0 saturated heterocycles. The van der Waals surface area contributed by atoms with Crippen molar-refractivity contribution in [2.45, 2.75) is 83.7 Å². The van der Waals surface area contributed by atoms with Crippen LogP contribution in [0.2, 0.25) is 0 Å². The molecule has 18 heteroatoms. The van der Waals surface area contributed by atoms with Crippen LogP contribution < -0.4 is 39.9 Å². The van der Waals surface area contributed by atoms with Crippen LogP contribution in [0.5, 0.6) is 34.5 Å². The van der Waals surface area contributed by atoms with E-state index < -0.39 is 51.4 Å². The fraction of sp³-hybridized carbons (Fsp3) is 0.307. The lowest BCUT2D eigenvalue weighted by atomic mass is 9.70. The lowest BCUT2D eigenvalue weighted by Gasteiger charge is -2.41. The van der Waals surface area contributed by atoms with E-state index in [4.69, 9.17) is 39.9 Å². The average Bonchev–Trinajstić information content (AvgIpc) is 1.53. The van der Waals surface area contributed by atoms with Crippen molar-refractivity contribution >= 4 is 0 Å². The Bertz CT molecular complexity index is 4010. The van der Waals surface area contributed by atoms with Crippen molar-refractivity contribution in [3.05, 3.63) is 268 Å². The molecule has 3 aliphatic heterocycles. The Kier molecular flexibility index (Phi) is 16.6. The summed E-state index contributed by atoms with van der Waals surface area (Å²) < 4.78 is 36.7. The molecule has 3 aromatic heterocycles. The smallest absolute Gasteiger partial charge is 0.174 e. The Hall–Kier alpha value is -9.26. The van der Waals surface area contributed by atoms with E-state index >= 15 is 0 Å². The topological polar surface area (TPSA) is 291 Å². The fourth-order valence-corrected chi connectivity index (χ4v) is 16.6. The quantitative estimate of drug-likeness (QED) is 0.0504. The van der Waals surface area contributed by atoms with E-state index in [-0.39, 0.29) is 37.6 Å². The molecule has 3 saturated carbocycles. The standard InChI is InChI=1S/2C25H26N2O4.C25H22N2O4/c3*1-30-21-13-27-14-22-23(21)24(29)19(15-28)11-20(17-5-3-2-4-6-17)25(24,31-22)18-9-7-16(12-26)8-10-18/h2*2-10,13-14,19-20,28-29H,11-12,15,26H2,1H3;2-10,13-14,19-20,28-29H,11,15H2,1H3/t3*19-,20+,24-,25+/m111/s1. The first-order valence-electron chi connectivity index (χ1n) is 31.2. The number of hydrogen-bond acceptors (Lipinski definition) is 18. The summed E-state index contributed by atoms with van der Waals surface area (Å²) in [5.74, 6) is 0.662. The second kappa shape index (κ2) is 24.7. The van der Waals surface area contributed by atoms with Crippen molar-refractivity contribution in [1.29, 1.82) is 5.26 Å². The van der Waals surface area contributed by atoms with Gasteiger partial charge in [0.1, 0.15) is 51.3 Å². The van der Waals surface area contributed by atoms with Crippen LogP contribution in [0.15, 0.2) is 201 Å². The monoisotopic (exact) mass is 1250 g/mol. The zero-order chi connectivity index (χ0) is 64.9. The van der Waals surface area contributed by atoms with Gasteiger partial charge < -0.3 is 70.5 Å². The van der Waals surface area contributed by atoms with Gasteiger partial charge in [0.2, 0.25) is 0 Å². The van der Waals surface area contributed by atoms with Crippen LogP contribution in [0.25, 0.3) is 0 Å². The normalized spacial score (nSPS) is 28.5. The summed E-state index contributed by atoms with van der Waals surface area (Å²) in [6.07, 6.45) is 11.1. The summed E-state index contributed by atoms with van der Waals surface area (Å²) in [6.45, 7) is 0.273. The average molecular weight is 1250 g/mol. The van der Waals surface area contributed by atoms with Crippen LogP contribution in [0.3, 0.4) is 0 Å². The number of benzene rings is 6. The van der Waals surface area contributed by atoms with Crippen molar-refractivity contribution < 1.29 is 59.1 Å². The van der Waals surface area contributed by atoms with Gasteiger partial charge in [0.05, 0.1) is 86.8 Å². The lowest BCUT2D eigenvalue weighted by molar-refractivity contribution is -0.135. The minimum atomic E-state index is -1.56. The molecule has 12 atom stereocenters. The fourth-order valence-electron chi connectivity index (χ4n) is 16.6. The van der Waals surface area contributed by atoms with Gasteiger partial charge in [-0.25, -0.2) is 0 Å². The molecular formula is C75H74N6O12. The highest BCUT2D eigenvalue weighted by molar-refractivity contribution is 5.62. The van der Waals surface area contributed by atoms with E-state index in [2.05, 4.69) is 21.0 Å². The Morgan fingerprint density at radius 2 is 0.710 bits per heavy atom. The highest BCUT2D eigenvalue weighted by Gasteiger charge is 2.76. The SMILES string of the molecule is COc1cncc2c1[C@]1(O)[C@@H](CO)C[C@@H](c3ccccc3)[C@]1(c1ccc(C#N)cc1)O2.COc1cncc2c1[C@]1(O)[C@@H](CO)C[C@@H](c3ccccc3)[C@]1(c1ccc(CN)cc1)O2.COc1cncc2c1[C@]1(O)[C@@H](CO)C[C@@H](c3ccccc3)[C@]1(c1ccc(CN)cc1)O2. The number of nitrogens with zero attached hydrogens (tertiary/aromatic N) is 4. The summed E-state index contributed by atoms with van der Waals surface area (Å²) in [7, 11) is 4.63. The molecule has 476 valence electrons. The van der Waals surface area contributed by atoms with Gasteiger partial charge in [0.25, 0.3) is 0 Å². The van der Waals surface area contributed by atoms with Crippen LogP contribution >= 0.6 is 0 Å². The third-order valence-electron chi connectivity index (χ3n) is 20.7. The molecule has 18 nitrogen and oxygen atoms in total. The number of hydrogen-bond donors (Lipinski definition) is 8. The predicted octanol–water partition coefficient (Wildman–Crippen LogP) is 8.87. The van der Waals surface area contributed by atoms with E-state index in [0.29, 0.717) is 89.1 Å². The van der Waals surface area contributed by atoms with Crippen molar-refractivity contribution in [2.24, 2.45) is 29.2 Å². The first-order valence-corrected chi connectivity index (χ1v) is 31.2. The van der Waals surface area contributed by atoms with Crippen LogP contribution in [0, 0.1) is 29.1 Å². The Morgan fingerprint density at radius 3 is 0.957 bits per heavy atom. The maximum absolute atomic E-state index is 12.5. The van der Waals surface area contributed by atoms with Crippen LogP contribution in [0.1, 0.15) is 104 Å². The third kappa shape index (κ3) is 9.15. The molecule has 0 spiro atoms. The predicted molar refractivity (Wildman–Crippen MR) is 344 cm³/mol. The highest BCUT2D eigenvalue weighted by Crippen LogP contribution is 2.73. The number of pyridine rings is 3. The van der Waals surface area contributed by atoms with Gasteiger partial charge in [-0.15, -0.1) is 0 Å². The highest BCUT2D eigenvalue weighted by atomic mass is 16.6. The lowest BCUT2D eigenvalue weighted by Crippen LogP contribution is -2.51. The van der Waals surface area contributed by atoms with Gasteiger partial charge >= 0.3 is 0 Å². The molecule has 93 heavy (non-hydrogen) atoms. The number of nitriles is 1. The molecule has 0 unspecified atom stereocenters. The number of aromatic nitrogens is 3. The second-order valence-electron chi connectivity index (χ2n) is 24.7. The van der Waals surface area contributed by atoms with E-state index in [9.17, 15) is 35.9 Å². The van der Waals surface area contributed by atoms with Gasteiger partial charge in [-0.1, -0.05) is 152 Å². The van der Waals surface area contributed by atoms with Gasteiger partial charge in [-0.05, 0) is 75.9 Å². The maximum Gasteiger partial charge on any atom is 0.174 e. The van der Waals surface area contributed by atoms with Gasteiger partial charge in [0, 0.05) is 68.4 Å². The Morgan fingerprint density at radius 1 is 0.430 bits per heavy atom. The Labute approximate surface area is 539 Å². The molecule has 0 amide bonds. The molecule has 6 aliphatic rings. The minimum absolute atomic E-state index is 0.184. The molecule has 0 radical (unpaired) electrons. The molecule has 3 aliphatic carbocycles. The number of ether oxygens (including phenoxy) is 6. The van der Waals surface area contributed by atoms with Crippen LogP contribution in [-0.4, -0.2) is 86.7 Å². The van der Waals surface area contributed by atoms with Gasteiger partial charge in [-0.3, -0.25) is 15.0 Å².